The van der Waals surface area contributed by atoms with E-state index < -0.39 is 47.4 Å². The Morgan fingerprint density at radius 3 is 1.35 bits per heavy atom. The van der Waals surface area contributed by atoms with Gasteiger partial charge in [-0.3, -0.25) is 4.79 Å². The van der Waals surface area contributed by atoms with Crippen LogP contribution in [0.1, 0.15) is 117 Å². The Hall–Kier alpha value is -4.12. The molecular weight excluding hydrogens is 628 g/mol. The number of carboxylic acids is 1. The number of aliphatic hydroxyl groups is 1. The van der Waals surface area contributed by atoms with Gasteiger partial charge >= 0.3 is 24.1 Å². The Labute approximate surface area is 293 Å². The van der Waals surface area contributed by atoms with E-state index in [1.807, 2.05) is 71.0 Å². The number of aryl methyl sites for hydroxylation is 2. The molecule has 0 heterocycles. The van der Waals surface area contributed by atoms with E-state index in [1.165, 1.54) is 18.1 Å². The molecule has 2 amide bonds. The molecule has 276 valence electrons. The summed E-state index contributed by atoms with van der Waals surface area (Å²) in [4.78, 5) is 45.2. The maximum absolute atomic E-state index is 12.2. The summed E-state index contributed by atoms with van der Waals surface area (Å²) in [5.74, 6) is -1.28. The predicted molar refractivity (Wildman–Crippen MR) is 192 cm³/mol. The minimum atomic E-state index is -1.09. The van der Waals surface area contributed by atoms with Crippen molar-refractivity contribution in [2.75, 3.05) is 0 Å². The van der Waals surface area contributed by atoms with E-state index >= 15 is 0 Å². The fourth-order valence-corrected chi connectivity index (χ4v) is 4.18. The van der Waals surface area contributed by atoms with Crippen molar-refractivity contribution in [2.24, 2.45) is 0 Å². The standard InChI is InChI=1S/C19H29NO4.C11H16O.C8H15NO4/c1-12-10-8-9-11-16(12)13(2)15(4)23-17(21)14(3)20-18(22)24-19(5,6)7;1-8-6-4-5-7-11(8)9(2)10(3)12;1-5(6(10)11)9-7(12)13-8(2,3)4/h8-11,13-15H,1-7H3,(H,20,22);4-7,9-10,12H,1-3H3;5H,1-4H3,(H,9,12)(H,10,11)/t13-,14+,15+;9-,10+;5-/m110/s1. The van der Waals surface area contributed by atoms with Crippen LogP contribution in [-0.4, -0.2) is 69.8 Å². The van der Waals surface area contributed by atoms with E-state index in [1.54, 1.807) is 48.5 Å². The Kier molecular flexibility index (Phi) is 18.7. The van der Waals surface area contributed by atoms with Gasteiger partial charge in [0.2, 0.25) is 0 Å². The van der Waals surface area contributed by atoms with Gasteiger partial charge in [-0.15, -0.1) is 0 Å². The number of nitrogens with one attached hydrogen (secondary N) is 2. The summed E-state index contributed by atoms with van der Waals surface area (Å²) in [7, 11) is 0. The highest BCUT2D eigenvalue weighted by molar-refractivity contribution is 5.81. The van der Waals surface area contributed by atoms with Crippen molar-refractivity contribution in [3.8, 4) is 0 Å². The highest BCUT2D eigenvalue weighted by Crippen LogP contribution is 2.25. The van der Waals surface area contributed by atoms with E-state index in [0.29, 0.717) is 0 Å². The summed E-state index contributed by atoms with van der Waals surface area (Å²) in [5.41, 5.74) is 3.58. The number of hydrogen-bond acceptors (Lipinski definition) is 8. The molecule has 0 aromatic heterocycles. The topological polar surface area (TPSA) is 160 Å². The van der Waals surface area contributed by atoms with E-state index in [2.05, 4.69) is 29.7 Å². The minimum Gasteiger partial charge on any atom is -0.480 e. The summed E-state index contributed by atoms with van der Waals surface area (Å²) in [6.45, 7) is 25.2. The zero-order valence-corrected chi connectivity index (χ0v) is 31.8. The van der Waals surface area contributed by atoms with E-state index in [4.69, 9.17) is 19.3 Å². The minimum absolute atomic E-state index is 0.0591. The van der Waals surface area contributed by atoms with Crippen molar-refractivity contribution >= 4 is 24.1 Å². The van der Waals surface area contributed by atoms with Crippen LogP contribution in [0.15, 0.2) is 48.5 Å². The molecule has 49 heavy (non-hydrogen) atoms. The normalized spacial score (nSPS) is 14.8. The van der Waals surface area contributed by atoms with Crippen LogP contribution in [0.5, 0.6) is 0 Å². The number of aliphatic hydroxyl groups excluding tert-OH is 1. The molecule has 0 spiro atoms. The lowest BCUT2D eigenvalue weighted by Crippen LogP contribution is -2.43. The maximum Gasteiger partial charge on any atom is 0.408 e. The van der Waals surface area contributed by atoms with E-state index in [0.717, 1.165) is 11.1 Å². The molecule has 0 radical (unpaired) electrons. The molecule has 11 heteroatoms. The van der Waals surface area contributed by atoms with Gasteiger partial charge in [-0.2, -0.15) is 0 Å². The molecule has 0 fully saturated rings. The van der Waals surface area contributed by atoms with Crippen molar-refractivity contribution in [3.05, 3.63) is 70.8 Å². The van der Waals surface area contributed by atoms with Crippen LogP contribution in [0.3, 0.4) is 0 Å². The van der Waals surface area contributed by atoms with Gasteiger partial charge in [0.1, 0.15) is 29.4 Å². The molecule has 0 bridgehead atoms. The number of carbonyl (C=O) groups excluding carboxylic acids is 3. The number of benzene rings is 2. The smallest absolute Gasteiger partial charge is 0.408 e. The quantitative estimate of drug-likeness (QED) is 0.155. The van der Waals surface area contributed by atoms with Crippen molar-refractivity contribution < 1.29 is 43.6 Å². The van der Waals surface area contributed by atoms with Gasteiger partial charge in [0.15, 0.2) is 0 Å². The van der Waals surface area contributed by atoms with Crippen LogP contribution < -0.4 is 10.6 Å². The Balaban J connectivity index is 0.000000776. The van der Waals surface area contributed by atoms with Gasteiger partial charge in [0.25, 0.3) is 0 Å². The first-order chi connectivity index (χ1) is 22.4. The Morgan fingerprint density at radius 1 is 0.633 bits per heavy atom. The van der Waals surface area contributed by atoms with Crippen LogP contribution in [0.4, 0.5) is 9.59 Å². The highest BCUT2D eigenvalue weighted by atomic mass is 16.6. The number of rotatable bonds is 9. The van der Waals surface area contributed by atoms with Crippen molar-refractivity contribution in [1.29, 1.82) is 0 Å². The highest BCUT2D eigenvalue weighted by Gasteiger charge is 2.26. The van der Waals surface area contributed by atoms with Crippen molar-refractivity contribution in [2.45, 2.75) is 144 Å². The third kappa shape index (κ3) is 18.9. The van der Waals surface area contributed by atoms with Crippen LogP contribution in [0, 0.1) is 13.8 Å². The number of alkyl carbamates (subject to hydrolysis) is 2. The molecule has 2 aromatic carbocycles. The second-order valence-corrected chi connectivity index (χ2v) is 14.2. The number of carbonyl (C=O) groups is 4. The number of carboxylic acid groups (broad SMARTS) is 1. The monoisotopic (exact) mass is 688 g/mol. The number of hydrogen-bond donors (Lipinski definition) is 4. The molecule has 2 rings (SSSR count). The second kappa shape index (κ2) is 20.4. The summed E-state index contributed by atoms with van der Waals surface area (Å²) < 4.78 is 15.5. The number of esters is 1. The van der Waals surface area contributed by atoms with Gasteiger partial charge in [0, 0.05) is 11.8 Å². The summed E-state index contributed by atoms with van der Waals surface area (Å²) >= 11 is 0. The van der Waals surface area contributed by atoms with Crippen LogP contribution in [0.2, 0.25) is 0 Å². The molecule has 0 saturated heterocycles. The SMILES string of the molecule is C[C@H](NC(=O)OC(C)(C)C)C(=O)O.Cc1ccccc1[C@H](C)[C@H](C)O.Cc1ccccc1[C@H](C)[C@H](C)OC(=O)[C@H](C)NC(=O)OC(C)(C)C. The zero-order chi connectivity index (χ0) is 38.3. The second-order valence-electron chi connectivity index (χ2n) is 14.2. The Morgan fingerprint density at radius 2 is 1.00 bits per heavy atom. The maximum atomic E-state index is 12.2. The third-order valence-corrected chi connectivity index (χ3v) is 7.28. The van der Waals surface area contributed by atoms with Crippen LogP contribution in [-0.2, 0) is 23.8 Å². The first-order valence-corrected chi connectivity index (χ1v) is 16.6. The lowest BCUT2D eigenvalue weighted by atomic mass is 9.92. The fourth-order valence-electron chi connectivity index (χ4n) is 4.18. The van der Waals surface area contributed by atoms with Crippen molar-refractivity contribution in [3.63, 3.8) is 0 Å². The largest absolute Gasteiger partial charge is 0.480 e. The molecule has 6 atom stereocenters. The first-order valence-electron chi connectivity index (χ1n) is 16.6. The molecule has 11 nitrogen and oxygen atoms in total. The molecule has 4 N–H and O–H groups in total. The Bertz CT molecular complexity index is 1350. The first kappa shape index (κ1) is 44.9. The molecule has 0 aliphatic rings. The third-order valence-electron chi connectivity index (χ3n) is 7.28. The summed E-state index contributed by atoms with van der Waals surface area (Å²) in [6.07, 6.45) is -1.93. The average Bonchev–Trinajstić information content (AvgIpc) is 2.95. The number of amides is 2. The molecule has 0 aliphatic heterocycles. The molecule has 0 unspecified atom stereocenters. The average molecular weight is 689 g/mol. The van der Waals surface area contributed by atoms with Crippen LogP contribution in [0.25, 0.3) is 0 Å². The predicted octanol–water partition coefficient (Wildman–Crippen LogP) is 7.41. The van der Waals surface area contributed by atoms with Gasteiger partial charge in [-0.05, 0) is 105 Å². The number of ether oxygens (including phenoxy) is 3. The lowest BCUT2D eigenvalue weighted by Gasteiger charge is -2.25. The van der Waals surface area contributed by atoms with E-state index in [-0.39, 0.29) is 24.0 Å². The lowest BCUT2D eigenvalue weighted by molar-refractivity contribution is -0.151. The molecule has 2 aromatic rings. The van der Waals surface area contributed by atoms with Crippen molar-refractivity contribution in [1.82, 2.24) is 10.6 Å². The zero-order valence-electron chi connectivity index (χ0n) is 31.8. The molecule has 0 saturated carbocycles. The van der Waals surface area contributed by atoms with Gasteiger partial charge in [-0.1, -0.05) is 62.4 Å². The molecular formula is C38H60N2O9. The van der Waals surface area contributed by atoms with Crippen LogP contribution >= 0.6 is 0 Å². The van der Waals surface area contributed by atoms with Gasteiger partial charge in [0.05, 0.1) is 6.10 Å². The van der Waals surface area contributed by atoms with Gasteiger partial charge in [-0.25, -0.2) is 14.4 Å². The van der Waals surface area contributed by atoms with Gasteiger partial charge < -0.3 is 35.1 Å². The fraction of sp³-hybridized carbons (Fsp3) is 0.579. The summed E-state index contributed by atoms with van der Waals surface area (Å²) in [6, 6.07) is 14.5. The van der Waals surface area contributed by atoms with E-state index in [9.17, 15) is 24.3 Å². The molecule has 0 aliphatic carbocycles. The number of aliphatic carboxylic acids is 1. The summed E-state index contributed by atoms with van der Waals surface area (Å²) in [5, 5.41) is 22.5.